The molecule has 1 aromatic heterocycles. The van der Waals surface area contributed by atoms with Crippen LogP contribution in [0, 0.1) is 13.8 Å². The van der Waals surface area contributed by atoms with Gasteiger partial charge in [0.25, 0.3) is 0 Å². The number of carbonyl (C=O) groups excluding carboxylic acids is 1. The minimum absolute atomic E-state index is 0.110. The fraction of sp³-hybridized carbons (Fsp3) is 0.133. The van der Waals surface area contributed by atoms with Gasteiger partial charge in [0.1, 0.15) is 5.76 Å². The monoisotopic (exact) mass is 226 g/mol. The van der Waals surface area contributed by atoms with Crippen LogP contribution in [0.15, 0.2) is 46.9 Å². The molecule has 0 N–H and O–H groups in total. The van der Waals surface area contributed by atoms with E-state index in [9.17, 15) is 4.79 Å². The van der Waals surface area contributed by atoms with Crippen molar-refractivity contribution in [3.63, 3.8) is 0 Å². The summed E-state index contributed by atoms with van der Waals surface area (Å²) in [5.74, 6) is 1.02. The normalized spacial score (nSPS) is 10.9. The predicted molar refractivity (Wildman–Crippen MR) is 68.0 cm³/mol. The molecule has 2 heteroatoms. The molecule has 0 aliphatic carbocycles. The number of aryl methyl sites for hydroxylation is 2. The van der Waals surface area contributed by atoms with Gasteiger partial charge in [-0.15, -0.1) is 0 Å². The van der Waals surface area contributed by atoms with Crippen molar-refractivity contribution in [3.8, 4) is 0 Å². The average Bonchev–Trinajstić information content (AvgIpc) is 2.74. The zero-order valence-electron chi connectivity index (χ0n) is 9.94. The topological polar surface area (TPSA) is 30.2 Å². The minimum atomic E-state index is -0.110. The molecule has 0 unspecified atom stereocenters. The molecule has 0 spiro atoms. The lowest BCUT2D eigenvalue weighted by Crippen LogP contribution is -1.91. The maximum absolute atomic E-state index is 11.8. The van der Waals surface area contributed by atoms with Crippen LogP contribution >= 0.6 is 0 Å². The quantitative estimate of drug-likeness (QED) is 0.588. The van der Waals surface area contributed by atoms with Crippen LogP contribution in [0.5, 0.6) is 0 Å². The van der Waals surface area contributed by atoms with Crippen LogP contribution in [-0.2, 0) is 0 Å². The summed E-state index contributed by atoms with van der Waals surface area (Å²) >= 11 is 0. The van der Waals surface area contributed by atoms with E-state index >= 15 is 0 Å². The number of hydrogen-bond donors (Lipinski definition) is 0. The molecule has 0 aliphatic heterocycles. The van der Waals surface area contributed by atoms with Gasteiger partial charge in [-0.2, -0.15) is 0 Å². The van der Waals surface area contributed by atoms with Crippen LogP contribution in [0.2, 0.25) is 0 Å². The Morgan fingerprint density at radius 2 is 1.88 bits per heavy atom. The fourth-order valence-corrected chi connectivity index (χ4v) is 1.59. The molecule has 0 saturated heterocycles. The number of rotatable bonds is 3. The van der Waals surface area contributed by atoms with Gasteiger partial charge in [0, 0.05) is 0 Å². The summed E-state index contributed by atoms with van der Waals surface area (Å²) in [7, 11) is 0. The predicted octanol–water partition coefficient (Wildman–Crippen LogP) is 3.79. The number of hydrogen-bond acceptors (Lipinski definition) is 2. The van der Waals surface area contributed by atoms with Gasteiger partial charge in [-0.3, -0.25) is 4.79 Å². The van der Waals surface area contributed by atoms with Crippen molar-refractivity contribution < 1.29 is 9.21 Å². The van der Waals surface area contributed by atoms with E-state index in [2.05, 4.69) is 0 Å². The number of benzene rings is 1. The zero-order chi connectivity index (χ0) is 12.3. The van der Waals surface area contributed by atoms with E-state index in [0.717, 1.165) is 16.9 Å². The van der Waals surface area contributed by atoms with Crippen molar-refractivity contribution in [3.05, 3.63) is 65.1 Å². The third kappa shape index (κ3) is 2.72. The van der Waals surface area contributed by atoms with E-state index in [0.29, 0.717) is 5.76 Å². The standard InChI is InChI=1S/C15H14O2/c1-11-5-3-4-6-13(11)8-9-14(16)15-10-7-12(2)17-15/h3-10H,1-2H3/b9-8+. The third-order valence-corrected chi connectivity index (χ3v) is 2.59. The molecule has 2 nitrogen and oxygen atoms in total. The van der Waals surface area contributed by atoms with Crippen LogP contribution in [0.4, 0.5) is 0 Å². The van der Waals surface area contributed by atoms with E-state index in [1.807, 2.05) is 44.2 Å². The van der Waals surface area contributed by atoms with Gasteiger partial charge in [0.05, 0.1) is 0 Å². The van der Waals surface area contributed by atoms with E-state index in [1.165, 1.54) is 0 Å². The Balaban J connectivity index is 2.17. The van der Waals surface area contributed by atoms with Gasteiger partial charge in [-0.25, -0.2) is 0 Å². The summed E-state index contributed by atoms with van der Waals surface area (Å²) in [6.45, 7) is 3.84. The molecule has 0 aliphatic rings. The molecular weight excluding hydrogens is 212 g/mol. The molecule has 17 heavy (non-hydrogen) atoms. The summed E-state index contributed by atoms with van der Waals surface area (Å²) in [5, 5.41) is 0. The Labute approximate surface area is 101 Å². The maximum Gasteiger partial charge on any atom is 0.221 e. The minimum Gasteiger partial charge on any atom is -0.458 e. The zero-order valence-corrected chi connectivity index (χ0v) is 9.94. The lowest BCUT2D eigenvalue weighted by molar-refractivity contribution is 0.102. The van der Waals surface area contributed by atoms with Gasteiger partial charge in [0.2, 0.25) is 5.78 Å². The first-order chi connectivity index (χ1) is 8.16. The number of carbonyl (C=O) groups is 1. The lowest BCUT2D eigenvalue weighted by Gasteiger charge is -1.97. The second kappa shape index (κ2) is 4.83. The van der Waals surface area contributed by atoms with Crippen LogP contribution in [-0.4, -0.2) is 5.78 Å². The van der Waals surface area contributed by atoms with Crippen molar-refractivity contribution >= 4 is 11.9 Å². The third-order valence-electron chi connectivity index (χ3n) is 2.59. The van der Waals surface area contributed by atoms with Crippen molar-refractivity contribution in [1.29, 1.82) is 0 Å². The van der Waals surface area contributed by atoms with Gasteiger partial charge in [0.15, 0.2) is 5.76 Å². The molecule has 2 rings (SSSR count). The van der Waals surface area contributed by atoms with Crippen LogP contribution in [0.3, 0.4) is 0 Å². The SMILES string of the molecule is Cc1ccc(C(=O)/C=C/c2ccccc2C)o1. The first kappa shape index (κ1) is 11.4. The molecule has 0 radical (unpaired) electrons. The highest BCUT2D eigenvalue weighted by Crippen LogP contribution is 2.11. The van der Waals surface area contributed by atoms with Crippen LogP contribution in [0.1, 0.15) is 27.4 Å². The first-order valence-corrected chi connectivity index (χ1v) is 5.51. The van der Waals surface area contributed by atoms with Crippen molar-refractivity contribution in [2.24, 2.45) is 0 Å². The van der Waals surface area contributed by atoms with Crippen molar-refractivity contribution in [1.82, 2.24) is 0 Å². The summed E-state index contributed by atoms with van der Waals surface area (Å²) in [6.07, 6.45) is 3.36. The average molecular weight is 226 g/mol. The summed E-state index contributed by atoms with van der Waals surface area (Å²) in [6, 6.07) is 11.4. The number of allylic oxidation sites excluding steroid dienone is 1. The van der Waals surface area contributed by atoms with Gasteiger partial charge < -0.3 is 4.42 Å². The van der Waals surface area contributed by atoms with E-state index in [-0.39, 0.29) is 5.78 Å². The van der Waals surface area contributed by atoms with Crippen molar-refractivity contribution in [2.75, 3.05) is 0 Å². The molecule has 2 aromatic rings. The fourth-order valence-electron chi connectivity index (χ4n) is 1.59. The summed E-state index contributed by atoms with van der Waals surface area (Å²) < 4.78 is 5.26. The Bertz CT molecular complexity index is 562. The number of furan rings is 1. The Morgan fingerprint density at radius 1 is 1.12 bits per heavy atom. The Morgan fingerprint density at radius 3 is 2.53 bits per heavy atom. The van der Waals surface area contributed by atoms with Gasteiger partial charge in [-0.1, -0.05) is 30.3 Å². The molecular formula is C15H14O2. The van der Waals surface area contributed by atoms with Gasteiger partial charge in [-0.05, 0) is 43.2 Å². The van der Waals surface area contributed by atoms with E-state index in [4.69, 9.17) is 4.42 Å². The molecule has 0 amide bonds. The highest BCUT2D eigenvalue weighted by Gasteiger charge is 2.05. The largest absolute Gasteiger partial charge is 0.458 e. The smallest absolute Gasteiger partial charge is 0.221 e. The van der Waals surface area contributed by atoms with E-state index < -0.39 is 0 Å². The molecule has 1 aromatic carbocycles. The Kier molecular flexibility index (Phi) is 3.24. The number of ketones is 1. The highest BCUT2D eigenvalue weighted by molar-refractivity contribution is 6.04. The van der Waals surface area contributed by atoms with Crippen molar-refractivity contribution in [2.45, 2.75) is 13.8 Å². The molecule has 86 valence electrons. The molecule has 1 heterocycles. The maximum atomic E-state index is 11.8. The second-order valence-corrected chi connectivity index (χ2v) is 3.96. The first-order valence-electron chi connectivity index (χ1n) is 5.51. The van der Waals surface area contributed by atoms with Gasteiger partial charge >= 0.3 is 0 Å². The Hall–Kier alpha value is -2.09. The lowest BCUT2D eigenvalue weighted by atomic mass is 10.1. The molecule has 0 bridgehead atoms. The van der Waals surface area contributed by atoms with Crippen LogP contribution in [0.25, 0.3) is 6.08 Å². The van der Waals surface area contributed by atoms with Crippen LogP contribution < -0.4 is 0 Å². The molecule has 0 fully saturated rings. The van der Waals surface area contributed by atoms with E-state index in [1.54, 1.807) is 18.2 Å². The highest BCUT2D eigenvalue weighted by atomic mass is 16.3. The molecule has 0 atom stereocenters. The summed E-state index contributed by atoms with van der Waals surface area (Å²) in [4.78, 5) is 11.8. The second-order valence-electron chi connectivity index (χ2n) is 3.96. The molecule has 0 saturated carbocycles. The summed E-state index contributed by atoms with van der Waals surface area (Å²) in [5.41, 5.74) is 2.19.